The van der Waals surface area contributed by atoms with Crippen molar-refractivity contribution in [2.45, 2.75) is 5.60 Å². The Morgan fingerprint density at radius 2 is 1.91 bits per heavy atom. The van der Waals surface area contributed by atoms with Crippen molar-refractivity contribution in [1.29, 1.82) is 0 Å². The summed E-state index contributed by atoms with van der Waals surface area (Å²) in [4.78, 5) is 0. The van der Waals surface area contributed by atoms with Crippen molar-refractivity contribution in [3.63, 3.8) is 0 Å². The lowest BCUT2D eigenvalue weighted by molar-refractivity contribution is -0.168. The van der Waals surface area contributed by atoms with Crippen molar-refractivity contribution in [1.82, 2.24) is 0 Å². The molecule has 2 aromatic carbocycles. The van der Waals surface area contributed by atoms with E-state index < -0.39 is 11.4 Å². The number of ether oxygens (including phenoxy) is 1. The van der Waals surface area contributed by atoms with E-state index >= 15 is 0 Å². The second kappa shape index (κ2) is 5.76. The predicted octanol–water partition coefficient (Wildman–Crippen LogP) is 2.90. The summed E-state index contributed by atoms with van der Waals surface area (Å²) in [5.74, 6) is -0.452. The number of aliphatic hydroxyl groups is 1. The van der Waals surface area contributed by atoms with E-state index in [9.17, 15) is 9.50 Å². The SMILES string of the molecule is Nc1ccc(-c2ccc(F)c(Cl)c2)cc1NCC1(O)COC1. The summed E-state index contributed by atoms with van der Waals surface area (Å²) >= 11 is 5.82. The molecule has 0 spiro atoms. The van der Waals surface area contributed by atoms with Gasteiger partial charge in [0.2, 0.25) is 0 Å². The van der Waals surface area contributed by atoms with Gasteiger partial charge in [0.25, 0.3) is 0 Å². The maximum Gasteiger partial charge on any atom is 0.141 e. The van der Waals surface area contributed by atoms with Crippen molar-refractivity contribution in [3.8, 4) is 11.1 Å². The van der Waals surface area contributed by atoms with Crippen LogP contribution in [0.25, 0.3) is 11.1 Å². The zero-order valence-corrected chi connectivity index (χ0v) is 12.5. The molecule has 2 aromatic rings. The highest BCUT2D eigenvalue weighted by Crippen LogP contribution is 2.30. The molecule has 116 valence electrons. The van der Waals surface area contributed by atoms with Gasteiger partial charge < -0.3 is 20.9 Å². The highest BCUT2D eigenvalue weighted by molar-refractivity contribution is 6.31. The van der Waals surface area contributed by atoms with Gasteiger partial charge in [-0.2, -0.15) is 0 Å². The molecule has 22 heavy (non-hydrogen) atoms. The first-order chi connectivity index (χ1) is 10.5. The Morgan fingerprint density at radius 3 is 2.55 bits per heavy atom. The summed E-state index contributed by atoms with van der Waals surface area (Å²) in [5, 5.41) is 13.2. The Kier molecular flexibility index (Phi) is 3.95. The van der Waals surface area contributed by atoms with Crippen LogP contribution in [0, 0.1) is 5.82 Å². The molecule has 0 aromatic heterocycles. The smallest absolute Gasteiger partial charge is 0.141 e. The second-order valence-corrected chi connectivity index (χ2v) is 5.91. The molecule has 0 radical (unpaired) electrons. The Hall–Kier alpha value is -1.82. The molecule has 1 aliphatic heterocycles. The van der Waals surface area contributed by atoms with Gasteiger partial charge >= 0.3 is 0 Å². The number of halogens is 2. The standard InChI is InChI=1S/C16H16ClFN2O2/c17-12-5-10(1-3-13(12)18)11-2-4-14(19)15(6-11)20-7-16(21)8-22-9-16/h1-6,20-21H,7-9,19H2. The van der Waals surface area contributed by atoms with Crippen LogP contribution in [0.3, 0.4) is 0 Å². The number of nitrogen functional groups attached to an aromatic ring is 1. The molecule has 4 nitrogen and oxygen atoms in total. The lowest BCUT2D eigenvalue weighted by Crippen LogP contribution is -2.54. The van der Waals surface area contributed by atoms with Gasteiger partial charge in [-0.3, -0.25) is 0 Å². The fraction of sp³-hybridized carbons (Fsp3) is 0.250. The summed E-state index contributed by atoms with van der Waals surface area (Å²) in [6.45, 7) is 0.977. The molecule has 0 aliphatic carbocycles. The number of rotatable bonds is 4. The number of nitrogens with one attached hydrogen (secondary N) is 1. The highest BCUT2D eigenvalue weighted by Gasteiger charge is 2.35. The maximum atomic E-state index is 13.3. The first-order valence-electron chi connectivity index (χ1n) is 6.86. The lowest BCUT2D eigenvalue weighted by Gasteiger charge is -2.36. The Morgan fingerprint density at radius 1 is 1.23 bits per heavy atom. The van der Waals surface area contributed by atoms with Crippen LogP contribution >= 0.6 is 11.6 Å². The molecule has 1 heterocycles. The molecular weight excluding hydrogens is 307 g/mol. The molecule has 0 bridgehead atoms. The van der Waals surface area contributed by atoms with Crippen LogP contribution in [0.4, 0.5) is 15.8 Å². The van der Waals surface area contributed by atoms with Crippen molar-refractivity contribution in [2.75, 3.05) is 30.8 Å². The molecule has 1 saturated heterocycles. The minimum absolute atomic E-state index is 0.0739. The fourth-order valence-corrected chi connectivity index (χ4v) is 2.44. The summed E-state index contributed by atoms with van der Waals surface area (Å²) in [6, 6.07) is 10.0. The van der Waals surface area contributed by atoms with Gasteiger partial charge in [0.1, 0.15) is 11.4 Å². The van der Waals surface area contributed by atoms with Crippen LogP contribution in [-0.2, 0) is 4.74 Å². The first kappa shape index (κ1) is 15.1. The minimum atomic E-state index is -0.846. The first-order valence-corrected chi connectivity index (χ1v) is 7.24. The quantitative estimate of drug-likeness (QED) is 0.757. The third-order valence-electron chi connectivity index (χ3n) is 3.66. The topological polar surface area (TPSA) is 67.5 Å². The van der Waals surface area contributed by atoms with Crippen molar-refractivity contribution >= 4 is 23.0 Å². The van der Waals surface area contributed by atoms with Crippen molar-refractivity contribution < 1.29 is 14.2 Å². The van der Waals surface area contributed by atoms with E-state index in [2.05, 4.69) is 5.32 Å². The van der Waals surface area contributed by atoms with E-state index in [0.717, 1.165) is 11.1 Å². The van der Waals surface area contributed by atoms with Crippen LogP contribution in [0.15, 0.2) is 36.4 Å². The van der Waals surface area contributed by atoms with E-state index in [-0.39, 0.29) is 5.02 Å². The number of hydrogen-bond acceptors (Lipinski definition) is 4. The van der Waals surface area contributed by atoms with Crippen LogP contribution in [0.5, 0.6) is 0 Å². The minimum Gasteiger partial charge on any atom is -0.397 e. The summed E-state index contributed by atoms with van der Waals surface area (Å²) < 4.78 is 18.3. The largest absolute Gasteiger partial charge is 0.397 e. The number of benzene rings is 2. The molecule has 0 saturated carbocycles. The molecule has 1 fully saturated rings. The molecule has 4 N–H and O–H groups in total. The summed E-state index contributed by atoms with van der Waals surface area (Å²) in [5.41, 5.74) is 8.03. The van der Waals surface area contributed by atoms with Gasteiger partial charge in [0.05, 0.1) is 29.6 Å². The monoisotopic (exact) mass is 322 g/mol. The van der Waals surface area contributed by atoms with E-state index in [1.165, 1.54) is 6.07 Å². The van der Waals surface area contributed by atoms with E-state index in [1.807, 2.05) is 12.1 Å². The zero-order valence-electron chi connectivity index (χ0n) is 11.8. The Bertz CT molecular complexity index is 705. The van der Waals surface area contributed by atoms with Gasteiger partial charge in [0, 0.05) is 6.54 Å². The van der Waals surface area contributed by atoms with Gasteiger partial charge in [-0.25, -0.2) is 4.39 Å². The molecule has 0 atom stereocenters. The fourth-order valence-electron chi connectivity index (χ4n) is 2.26. The zero-order chi connectivity index (χ0) is 15.7. The third-order valence-corrected chi connectivity index (χ3v) is 3.95. The highest BCUT2D eigenvalue weighted by atomic mass is 35.5. The Labute approximate surface area is 132 Å². The average molecular weight is 323 g/mol. The predicted molar refractivity (Wildman–Crippen MR) is 85.5 cm³/mol. The van der Waals surface area contributed by atoms with Gasteiger partial charge in [-0.15, -0.1) is 0 Å². The molecule has 0 amide bonds. The van der Waals surface area contributed by atoms with Gasteiger partial charge in [-0.05, 0) is 35.4 Å². The van der Waals surface area contributed by atoms with Crippen molar-refractivity contribution in [3.05, 3.63) is 47.2 Å². The maximum absolute atomic E-state index is 13.3. The number of nitrogens with two attached hydrogens (primary N) is 1. The molecule has 6 heteroatoms. The van der Waals surface area contributed by atoms with Crippen LogP contribution in [-0.4, -0.2) is 30.5 Å². The van der Waals surface area contributed by atoms with E-state index in [1.54, 1.807) is 18.2 Å². The van der Waals surface area contributed by atoms with Gasteiger partial charge in [-0.1, -0.05) is 23.7 Å². The molecule has 3 rings (SSSR count). The third kappa shape index (κ3) is 3.02. The van der Waals surface area contributed by atoms with Crippen LogP contribution < -0.4 is 11.1 Å². The normalized spacial score (nSPS) is 16.1. The Balaban J connectivity index is 1.83. The van der Waals surface area contributed by atoms with Crippen molar-refractivity contribution in [2.24, 2.45) is 0 Å². The number of anilines is 2. The van der Waals surface area contributed by atoms with Crippen LogP contribution in [0.2, 0.25) is 5.02 Å². The second-order valence-electron chi connectivity index (χ2n) is 5.50. The van der Waals surface area contributed by atoms with Gasteiger partial charge in [0.15, 0.2) is 0 Å². The summed E-state index contributed by atoms with van der Waals surface area (Å²) in [7, 11) is 0. The average Bonchev–Trinajstić information content (AvgIpc) is 2.47. The number of hydrogen-bond donors (Lipinski definition) is 3. The van der Waals surface area contributed by atoms with Crippen LogP contribution in [0.1, 0.15) is 0 Å². The molecule has 0 unspecified atom stereocenters. The summed E-state index contributed by atoms with van der Waals surface area (Å²) in [6.07, 6.45) is 0. The van der Waals surface area contributed by atoms with E-state index in [0.29, 0.717) is 31.1 Å². The molecule has 1 aliphatic rings. The molecular formula is C16H16ClFN2O2. The lowest BCUT2D eigenvalue weighted by atomic mass is 10.0. The van der Waals surface area contributed by atoms with E-state index in [4.69, 9.17) is 22.1 Å².